The third-order valence-electron chi connectivity index (χ3n) is 14.6. The van der Waals surface area contributed by atoms with Gasteiger partial charge in [-0.2, -0.15) is 0 Å². The van der Waals surface area contributed by atoms with E-state index in [0.29, 0.717) is 32.1 Å². The number of rotatable bonds is 44. The van der Waals surface area contributed by atoms with Gasteiger partial charge in [-0.15, -0.1) is 0 Å². The standard InChI is InChI=1S/C56H100N20O16/c1-28(2)43(74-41(79)26-59)52(88)65-27-42(80)69-35(18-20-39(60)77)48(84)67-32(7)46(82)72-36(15-9-11-23-58)54(90)76-25-13-17-38(76)51(87)71-34(16-12-24-64-56(62)63)49(85)70-33(14-8-10-22-57)50(86)75-44(29(3)4)53(89)68-30(5)45(81)66-31(6)47(83)73-37(55(91)92)19-21-40(61)78/h28-38,43-44H,8-27,57-59H2,1-7H3,(H2,60,77)(H2,61,78)(H,65,88)(H,66,81)(H,67,84)(H,68,89)(H,69,80)(H,70,85)(H,71,87)(H,72,82)(H,73,83)(H,74,79)(H,75,86)(H,91,92)(H4,62,63,64)/t30-,31-,32-,33-,34-,35-,36-,37-,38-,43-,44-/m0/s1. The van der Waals surface area contributed by atoms with Crippen LogP contribution in [0.15, 0.2) is 0 Å². The molecule has 1 rings (SSSR count). The Morgan fingerprint density at radius 3 is 1.41 bits per heavy atom. The van der Waals surface area contributed by atoms with Crippen molar-refractivity contribution in [3.05, 3.63) is 0 Å². The van der Waals surface area contributed by atoms with Crippen LogP contribution < -0.4 is 98.2 Å². The topological polar surface area (TPSA) is 604 Å². The maximum Gasteiger partial charge on any atom is 0.326 e. The van der Waals surface area contributed by atoms with Gasteiger partial charge in [0.05, 0.1) is 13.1 Å². The second kappa shape index (κ2) is 42.3. The molecular formula is C56H100N20O16. The smallest absolute Gasteiger partial charge is 0.326 e. The molecule has 14 amide bonds. The van der Waals surface area contributed by atoms with Gasteiger partial charge in [0.15, 0.2) is 5.96 Å². The van der Waals surface area contributed by atoms with Crippen LogP contribution in [0.4, 0.5) is 0 Å². The maximum atomic E-state index is 14.5. The number of guanidine groups is 1. The predicted molar refractivity (Wildman–Crippen MR) is 332 cm³/mol. The summed E-state index contributed by atoms with van der Waals surface area (Å²) < 4.78 is 0. The van der Waals surface area contributed by atoms with Crippen molar-refractivity contribution in [1.82, 2.24) is 68.7 Å². The molecule has 1 heterocycles. The lowest BCUT2D eigenvalue weighted by atomic mass is 10.0. The van der Waals surface area contributed by atoms with Gasteiger partial charge in [0.25, 0.3) is 0 Å². The summed E-state index contributed by atoms with van der Waals surface area (Å²) in [5.74, 6) is -14.2. The molecule has 520 valence electrons. The van der Waals surface area contributed by atoms with Gasteiger partial charge in [0, 0.05) is 25.9 Å². The summed E-state index contributed by atoms with van der Waals surface area (Å²) in [5, 5.41) is 47.1. The van der Waals surface area contributed by atoms with E-state index < -0.39 is 180 Å². The number of likely N-dealkylation sites (tertiary alicyclic amines) is 1. The molecule has 11 atom stereocenters. The van der Waals surface area contributed by atoms with Gasteiger partial charge in [-0.3, -0.25) is 72.5 Å². The highest BCUT2D eigenvalue weighted by atomic mass is 16.4. The zero-order valence-corrected chi connectivity index (χ0v) is 53.6. The first-order valence-electron chi connectivity index (χ1n) is 30.8. The van der Waals surface area contributed by atoms with Gasteiger partial charge >= 0.3 is 5.97 Å². The molecule has 0 aromatic rings. The van der Waals surface area contributed by atoms with Crippen LogP contribution in [0.3, 0.4) is 0 Å². The molecule has 36 nitrogen and oxygen atoms in total. The lowest BCUT2D eigenvalue weighted by Crippen LogP contribution is -2.60. The number of amides is 14. The fraction of sp³-hybridized carbons (Fsp3) is 0.714. The van der Waals surface area contributed by atoms with Gasteiger partial charge in [0.2, 0.25) is 82.7 Å². The number of carbonyl (C=O) groups excluding carboxylic acids is 14. The number of nitrogens with zero attached hydrogens (tertiary/aromatic N) is 1. The van der Waals surface area contributed by atoms with Gasteiger partial charge in [-0.1, -0.05) is 27.7 Å². The van der Waals surface area contributed by atoms with E-state index in [1.807, 2.05) is 0 Å². The molecule has 36 heteroatoms. The molecule has 0 aliphatic carbocycles. The van der Waals surface area contributed by atoms with E-state index in [1.54, 1.807) is 27.7 Å². The summed E-state index contributed by atoms with van der Waals surface area (Å²) >= 11 is 0. The van der Waals surface area contributed by atoms with Gasteiger partial charge < -0.3 is 108 Å². The fourth-order valence-electron chi connectivity index (χ4n) is 9.28. The predicted octanol–water partition coefficient (Wildman–Crippen LogP) is -7.59. The van der Waals surface area contributed by atoms with Crippen LogP contribution >= 0.6 is 0 Å². The Bertz CT molecular complexity index is 2580. The Kier molecular flexibility index (Phi) is 37.3. The van der Waals surface area contributed by atoms with Gasteiger partial charge in [-0.25, -0.2) is 4.79 Å². The first kappa shape index (κ1) is 81.2. The van der Waals surface area contributed by atoms with Crippen molar-refractivity contribution in [2.75, 3.05) is 39.3 Å². The quantitative estimate of drug-likeness (QED) is 0.0153. The average Bonchev–Trinajstić information content (AvgIpc) is 3.00. The van der Waals surface area contributed by atoms with E-state index in [-0.39, 0.29) is 89.9 Å². The van der Waals surface area contributed by atoms with Crippen molar-refractivity contribution in [2.24, 2.45) is 46.2 Å². The van der Waals surface area contributed by atoms with E-state index in [9.17, 15) is 77.0 Å². The molecule has 1 fully saturated rings. The van der Waals surface area contributed by atoms with Crippen LogP contribution in [0.5, 0.6) is 0 Å². The zero-order valence-electron chi connectivity index (χ0n) is 53.6. The Morgan fingerprint density at radius 2 is 0.902 bits per heavy atom. The van der Waals surface area contributed by atoms with E-state index in [0.717, 1.165) is 0 Å². The summed E-state index contributed by atoms with van der Waals surface area (Å²) in [5.41, 5.74) is 32.8. The second-order valence-electron chi connectivity index (χ2n) is 23.1. The molecule has 0 unspecified atom stereocenters. The summed E-state index contributed by atoms with van der Waals surface area (Å²) in [4.78, 5) is 198. The van der Waals surface area contributed by atoms with Crippen molar-refractivity contribution in [1.29, 1.82) is 5.41 Å². The molecule has 1 aliphatic heterocycles. The van der Waals surface area contributed by atoms with Gasteiger partial charge in [0.1, 0.15) is 66.5 Å². The SMILES string of the molecule is CC(C)[C@H](NC(=O)CN)C(=O)NCC(=O)N[C@@H](CCC(N)=O)C(=O)N[C@@H](C)C(=O)N[C@@H](CCCCN)C(=O)N1CCC[C@H]1C(=O)N[C@@H](CCCNC(=N)N)C(=O)N[C@@H](CCCCN)C(=O)N[C@H](C(=O)N[C@@H](C)C(=O)N[C@@H](C)C(=O)N[C@@H](CCC(N)=O)C(=O)O)C(C)C. The van der Waals surface area contributed by atoms with E-state index >= 15 is 0 Å². The zero-order chi connectivity index (χ0) is 69.9. The first-order valence-corrected chi connectivity index (χ1v) is 30.8. The van der Waals surface area contributed by atoms with Gasteiger partial charge in [-0.05, 0) is 123 Å². The summed E-state index contributed by atoms with van der Waals surface area (Å²) in [6, 6.07) is -14.5. The minimum atomic E-state index is -1.49. The molecule has 26 N–H and O–H groups in total. The van der Waals surface area contributed by atoms with E-state index in [1.165, 1.54) is 25.7 Å². The molecule has 1 aliphatic rings. The normalized spacial score (nSPS) is 16.0. The van der Waals surface area contributed by atoms with Crippen LogP contribution in [0.1, 0.15) is 138 Å². The van der Waals surface area contributed by atoms with Crippen LogP contribution in [-0.2, 0) is 71.9 Å². The summed E-state index contributed by atoms with van der Waals surface area (Å²) in [6.07, 6.45) is 0.611. The maximum absolute atomic E-state index is 14.5. The Balaban J connectivity index is 3.39. The fourth-order valence-corrected chi connectivity index (χ4v) is 9.28. The molecule has 0 aromatic carbocycles. The van der Waals surface area contributed by atoms with Crippen molar-refractivity contribution in [3.8, 4) is 0 Å². The third kappa shape index (κ3) is 30.3. The lowest BCUT2D eigenvalue weighted by molar-refractivity contribution is -0.143. The number of carbonyl (C=O) groups is 15. The minimum Gasteiger partial charge on any atom is -0.480 e. The van der Waals surface area contributed by atoms with Crippen LogP contribution in [0, 0.1) is 17.2 Å². The number of hydrogen-bond donors (Lipinski definition) is 20. The number of carboxylic acid groups (broad SMARTS) is 1. The largest absolute Gasteiger partial charge is 0.480 e. The monoisotopic (exact) mass is 1310 g/mol. The highest BCUT2D eigenvalue weighted by Crippen LogP contribution is 2.21. The summed E-state index contributed by atoms with van der Waals surface area (Å²) in [7, 11) is 0. The van der Waals surface area contributed by atoms with Crippen molar-refractivity contribution in [3.63, 3.8) is 0 Å². The molecule has 1 saturated heterocycles. The number of nitrogens with one attached hydrogen (secondary N) is 13. The highest BCUT2D eigenvalue weighted by molar-refractivity contribution is 5.99. The minimum absolute atomic E-state index is 0.00505. The molecule has 0 bridgehead atoms. The number of unbranched alkanes of at least 4 members (excludes halogenated alkanes) is 2. The Hall–Kier alpha value is -8.80. The first-order chi connectivity index (χ1) is 43.2. The van der Waals surface area contributed by atoms with E-state index in [2.05, 4.69) is 63.8 Å². The number of nitrogens with two attached hydrogens (primary N) is 6. The highest BCUT2D eigenvalue weighted by Gasteiger charge is 2.40. The van der Waals surface area contributed by atoms with Crippen molar-refractivity contribution in [2.45, 2.75) is 205 Å². The number of aliphatic carboxylic acids is 1. The van der Waals surface area contributed by atoms with E-state index in [4.69, 9.17) is 39.8 Å². The second-order valence-corrected chi connectivity index (χ2v) is 23.1. The molecule has 0 radical (unpaired) electrons. The Labute approximate surface area is 534 Å². The average molecular weight is 1310 g/mol. The molecule has 0 aromatic heterocycles. The molecule has 92 heavy (non-hydrogen) atoms. The van der Waals surface area contributed by atoms with Crippen LogP contribution in [0.25, 0.3) is 0 Å². The number of carboxylic acids is 1. The van der Waals surface area contributed by atoms with Crippen molar-refractivity contribution >= 4 is 94.6 Å². The third-order valence-corrected chi connectivity index (χ3v) is 14.6. The van der Waals surface area contributed by atoms with Crippen LogP contribution in [0.2, 0.25) is 0 Å². The molecule has 0 spiro atoms. The number of hydrogen-bond acceptors (Lipinski definition) is 19. The molecular weight excluding hydrogens is 1210 g/mol. The lowest BCUT2D eigenvalue weighted by Gasteiger charge is -2.31. The van der Waals surface area contributed by atoms with Crippen LogP contribution in [-0.4, -0.2) is 210 Å². The molecule has 0 saturated carbocycles. The number of primary amides is 2. The van der Waals surface area contributed by atoms with Crippen molar-refractivity contribution < 1.29 is 77.0 Å². The Morgan fingerprint density at radius 1 is 0.467 bits per heavy atom. The summed E-state index contributed by atoms with van der Waals surface area (Å²) in [6.45, 7) is 9.84.